The monoisotopic (exact) mass is 642 g/mol. The molecular formula is C32H34O14. The van der Waals surface area contributed by atoms with Gasteiger partial charge in [-0.1, -0.05) is 30.3 Å². The third-order valence-corrected chi connectivity index (χ3v) is 6.51. The second-order valence-electron chi connectivity index (χ2n) is 10.1. The third kappa shape index (κ3) is 8.53. The van der Waals surface area contributed by atoms with Gasteiger partial charge in [0.15, 0.2) is 18.0 Å². The van der Waals surface area contributed by atoms with Gasteiger partial charge in [0.05, 0.1) is 12.0 Å². The number of benzene rings is 2. The number of rotatable bonds is 12. The van der Waals surface area contributed by atoms with Crippen LogP contribution in [0.5, 0.6) is 17.2 Å². The van der Waals surface area contributed by atoms with Crippen LogP contribution in [0.3, 0.4) is 0 Å². The Balaban J connectivity index is 1.72. The lowest BCUT2D eigenvalue weighted by Gasteiger charge is -2.43. The number of carbonyl (C=O) groups is 4. The second-order valence-corrected chi connectivity index (χ2v) is 10.1. The van der Waals surface area contributed by atoms with Gasteiger partial charge in [0.1, 0.15) is 30.7 Å². The predicted molar refractivity (Wildman–Crippen MR) is 157 cm³/mol. The number of esters is 4. The molecule has 0 radical (unpaired) electrons. The van der Waals surface area contributed by atoms with E-state index in [9.17, 15) is 24.0 Å². The summed E-state index contributed by atoms with van der Waals surface area (Å²) in [5, 5.41) is 0.396. The van der Waals surface area contributed by atoms with Crippen LogP contribution in [0.15, 0.2) is 57.7 Å². The standard InChI is InChI=1S/C32H34O14/c1-6-38-29-26(40-15-21-10-8-7-9-11-21)23-13-12-22(14-24(23)45-31(29)37)44-32-30(43-20(5)36)28(42-19(4)35)27(41-18(3)34)25(46-32)16-39-17(2)33/h7-14,25,27-28,30,32H,6,15-16H2,1-5H3/t25-,27+,28+,30-,32-/m1/s1. The van der Waals surface area contributed by atoms with E-state index in [1.165, 1.54) is 19.1 Å². The summed E-state index contributed by atoms with van der Waals surface area (Å²) < 4.78 is 50.5. The van der Waals surface area contributed by atoms with Crippen LogP contribution in [0.2, 0.25) is 0 Å². The van der Waals surface area contributed by atoms with Gasteiger partial charge in [0, 0.05) is 33.8 Å². The average Bonchev–Trinajstić information content (AvgIpc) is 2.99. The van der Waals surface area contributed by atoms with Crippen LogP contribution in [0.4, 0.5) is 0 Å². The van der Waals surface area contributed by atoms with E-state index in [1.54, 1.807) is 13.0 Å². The minimum atomic E-state index is -1.48. The Morgan fingerprint density at radius 3 is 2.04 bits per heavy atom. The fourth-order valence-corrected chi connectivity index (χ4v) is 4.77. The third-order valence-electron chi connectivity index (χ3n) is 6.51. The highest BCUT2D eigenvalue weighted by atomic mass is 16.7. The topological polar surface area (TPSA) is 172 Å². The van der Waals surface area contributed by atoms with Crippen LogP contribution in [-0.2, 0) is 49.5 Å². The molecule has 1 saturated heterocycles. The molecule has 14 heteroatoms. The van der Waals surface area contributed by atoms with E-state index in [2.05, 4.69) is 0 Å². The molecule has 0 spiro atoms. The zero-order valence-corrected chi connectivity index (χ0v) is 25.8. The maximum Gasteiger partial charge on any atom is 0.383 e. The van der Waals surface area contributed by atoms with Gasteiger partial charge in [-0.3, -0.25) is 19.2 Å². The lowest BCUT2D eigenvalue weighted by Crippen LogP contribution is -2.63. The number of hydrogen-bond acceptors (Lipinski definition) is 14. The molecule has 1 aliphatic heterocycles. The zero-order chi connectivity index (χ0) is 33.4. The Morgan fingerprint density at radius 2 is 1.41 bits per heavy atom. The average molecular weight is 643 g/mol. The molecule has 4 rings (SSSR count). The molecule has 3 aromatic rings. The van der Waals surface area contributed by atoms with Crippen LogP contribution in [0.1, 0.15) is 40.2 Å². The van der Waals surface area contributed by atoms with Crippen LogP contribution in [0.25, 0.3) is 11.0 Å². The molecule has 14 nitrogen and oxygen atoms in total. The van der Waals surface area contributed by atoms with E-state index >= 15 is 0 Å². The van der Waals surface area contributed by atoms with Crippen molar-refractivity contribution in [1.82, 2.24) is 0 Å². The Kier molecular flexibility index (Phi) is 11.2. The molecule has 0 bridgehead atoms. The Morgan fingerprint density at radius 1 is 0.761 bits per heavy atom. The Hall–Kier alpha value is -5.11. The highest BCUT2D eigenvalue weighted by molar-refractivity contribution is 5.86. The molecule has 1 aromatic heterocycles. The molecule has 0 unspecified atom stereocenters. The van der Waals surface area contributed by atoms with Crippen molar-refractivity contribution in [3.8, 4) is 17.2 Å². The minimum Gasteiger partial charge on any atom is -0.484 e. The first-order chi connectivity index (χ1) is 22.0. The van der Waals surface area contributed by atoms with Gasteiger partial charge in [0.25, 0.3) is 0 Å². The molecule has 246 valence electrons. The summed E-state index contributed by atoms with van der Waals surface area (Å²) in [5.41, 5.74) is 0.136. The van der Waals surface area contributed by atoms with Crippen molar-refractivity contribution in [2.45, 2.75) is 71.9 Å². The zero-order valence-electron chi connectivity index (χ0n) is 25.8. The molecule has 0 aliphatic carbocycles. The maximum atomic E-state index is 12.9. The molecule has 1 aliphatic rings. The smallest absolute Gasteiger partial charge is 0.383 e. The maximum absolute atomic E-state index is 12.9. The lowest BCUT2D eigenvalue weighted by molar-refractivity contribution is -0.288. The lowest BCUT2D eigenvalue weighted by atomic mass is 9.98. The molecule has 2 heterocycles. The quantitative estimate of drug-likeness (QED) is 0.160. The van der Waals surface area contributed by atoms with Gasteiger partial charge in [0.2, 0.25) is 18.1 Å². The van der Waals surface area contributed by atoms with E-state index in [1.807, 2.05) is 30.3 Å². The molecule has 5 atom stereocenters. The summed E-state index contributed by atoms with van der Waals surface area (Å²) in [7, 11) is 0. The van der Waals surface area contributed by atoms with Gasteiger partial charge >= 0.3 is 29.5 Å². The van der Waals surface area contributed by atoms with Crippen molar-refractivity contribution in [2.24, 2.45) is 0 Å². The molecule has 0 saturated carbocycles. The van der Waals surface area contributed by atoms with E-state index in [0.717, 1.165) is 26.3 Å². The Bertz CT molecular complexity index is 1610. The van der Waals surface area contributed by atoms with Crippen molar-refractivity contribution in [3.05, 3.63) is 64.5 Å². The van der Waals surface area contributed by atoms with Gasteiger partial charge in [-0.25, -0.2) is 4.79 Å². The first-order valence-electron chi connectivity index (χ1n) is 14.3. The van der Waals surface area contributed by atoms with Gasteiger partial charge in [-0.05, 0) is 24.6 Å². The van der Waals surface area contributed by atoms with E-state index in [4.69, 9.17) is 42.3 Å². The van der Waals surface area contributed by atoms with Gasteiger partial charge in [-0.15, -0.1) is 0 Å². The Labute approximate surface area is 263 Å². The second kappa shape index (κ2) is 15.3. The van der Waals surface area contributed by atoms with Crippen molar-refractivity contribution < 1.29 is 61.5 Å². The van der Waals surface area contributed by atoms with Crippen LogP contribution < -0.4 is 19.8 Å². The van der Waals surface area contributed by atoms with E-state index in [-0.39, 0.29) is 36.0 Å². The van der Waals surface area contributed by atoms with Crippen molar-refractivity contribution in [1.29, 1.82) is 0 Å². The number of fused-ring (bicyclic) bond motifs is 1. The molecule has 2 aromatic carbocycles. The molecule has 0 amide bonds. The van der Waals surface area contributed by atoms with Gasteiger partial charge < -0.3 is 42.3 Å². The number of carbonyl (C=O) groups excluding carboxylic acids is 4. The minimum absolute atomic E-state index is 0.0691. The van der Waals surface area contributed by atoms with Crippen LogP contribution in [-0.4, -0.2) is 67.8 Å². The fraction of sp³-hybridized carbons (Fsp3) is 0.406. The summed E-state index contributed by atoms with van der Waals surface area (Å²) in [6.45, 7) is 6.13. The summed E-state index contributed by atoms with van der Waals surface area (Å²) in [5.74, 6) is -2.85. The SMILES string of the molecule is CCOc1c(OCc2ccccc2)c2ccc(O[C@@H]3O[C@H](COC(C)=O)[C@H](OC(C)=O)[C@H](OC(C)=O)[C@H]3OC(C)=O)cc2oc1=O. The number of hydrogen-bond donors (Lipinski definition) is 0. The van der Waals surface area contributed by atoms with Crippen molar-refractivity contribution in [2.75, 3.05) is 13.2 Å². The van der Waals surface area contributed by atoms with E-state index < -0.39 is 66.8 Å². The summed E-state index contributed by atoms with van der Waals surface area (Å²) in [6, 6.07) is 13.8. The van der Waals surface area contributed by atoms with E-state index in [0.29, 0.717) is 5.39 Å². The van der Waals surface area contributed by atoms with Crippen molar-refractivity contribution in [3.63, 3.8) is 0 Å². The summed E-state index contributed by atoms with van der Waals surface area (Å²) in [4.78, 5) is 60.8. The fourth-order valence-electron chi connectivity index (χ4n) is 4.77. The normalized spacial score (nSPS) is 20.7. The van der Waals surface area contributed by atoms with Crippen molar-refractivity contribution >= 4 is 34.8 Å². The predicted octanol–water partition coefficient (Wildman–Crippen LogP) is 3.23. The first kappa shape index (κ1) is 33.8. The summed E-state index contributed by atoms with van der Waals surface area (Å²) in [6.07, 6.45) is -6.91. The largest absolute Gasteiger partial charge is 0.484 e. The van der Waals surface area contributed by atoms with Gasteiger partial charge in [-0.2, -0.15) is 0 Å². The molecule has 1 fully saturated rings. The van der Waals surface area contributed by atoms with Crippen LogP contribution >= 0.6 is 0 Å². The first-order valence-corrected chi connectivity index (χ1v) is 14.3. The number of ether oxygens (including phenoxy) is 8. The molecule has 46 heavy (non-hydrogen) atoms. The molecular weight excluding hydrogens is 608 g/mol. The highest BCUT2D eigenvalue weighted by Gasteiger charge is 2.53. The summed E-state index contributed by atoms with van der Waals surface area (Å²) >= 11 is 0. The molecule has 0 N–H and O–H groups in total. The highest BCUT2D eigenvalue weighted by Crippen LogP contribution is 2.37. The van der Waals surface area contributed by atoms with Crippen LogP contribution in [0, 0.1) is 0 Å².